The Labute approximate surface area is 123 Å². The number of nitriles is 1. The van der Waals surface area contributed by atoms with E-state index >= 15 is 0 Å². The molecule has 1 amide bonds. The SMILES string of the molecule is CCNC(=O)C1CNCCN1c1cccc(Cl)c1C#N. The van der Waals surface area contributed by atoms with E-state index in [0.717, 1.165) is 12.2 Å². The van der Waals surface area contributed by atoms with Gasteiger partial charge in [-0.1, -0.05) is 17.7 Å². The first kappa shape index (κ1) is 14.6. The lowest BCUT2D eigenvalue weighted by atomic mass is 10.1. The Morgan fingerprint density at radius 1 is 1.65 bits per heavy atom. The van der Waals surface area contributed by atoms with Crippen LogP contribution in [0.15, 0.2) is 18.2 Å². The van der Waals surface area contributed by atoms with Crippen molar-refractivity contribution in [1.29, 1.82) is 5.26 Å². The molecule has 1 aromatic carbocycles. The highest BCUT2D eigenvalue weighted by molar-refractivity contribution is 6.32. The van der Waals surface area contributed by atoms with E-state index in [-0.39, 0.29) is 11.9 Å². The predicted octanol–water partition coefficient (Wildman–Crippen LogP) is 1.13. The Hall–Kier alpha value is -1.77. The van der Waals surface area contributed by atoms with Crippen molar-refractivity contribution in [2.45, 2.75) is 13.0 Å². The van der Waals surface area contributed by atoms with Gasteiger partial charge < -0.3 is 15.5 Å². The second-order valence-corrected chi connectivity index (χ2v) is 4.96. The number of hydrogen-bond donors (Lipinski definition) is 2. The van der Waals surface area contributed by atoms with Crippen molar-refractivity contribution in [2.75, 3.05) is 31.1 Å². The number of piperazine rings is 1. The van der Waals surface area contributed by atoms with Gasteiger partial charge >= 0.3 is 0 Å². The zero-order valence-electron chi connectivity index (χ0n) is 11.3. The number of carbonyl (C=O) groups excluding carboxylic acids is 1. The summed E-state index contributed by atoms with van der Waals surface area (Å²) in [7, 11) is 0. The van der Waals surface area contributed by atoms with Crippen LogP contribution >= 0.6 is 11.6 Å². The van der Waals surface area contributed by atoms with Crippen LogP contribution in [-0.2, 0) is 4.79 Å². The molecular formula is C14H17ClN4O. The largest absolute Gasteiger partial charge is 0.356 e. The summed E-state index contributed by atoms with van der Waals surface area (Å²) >= 11 is 6.07. The molecule has 0 spiro atoms. The molecule has 2 N–H and O–H groups in total. The van der Waals surface area contributed by atoms with Crippen LogP contribution < -0.4 is 15.5 Å². The van der Waals surface area contributed by atoms with Crippen LogP contribution in [0, 0.1) is 11.3 Å². The van der Waals surface area contributed by atoms with Crippen molar-refractivity contribution >= 4 is 23.2 Å². The van der Waals surface area contributed by atoms with E-state index < -0.39 is 0 Å². The number of amides is 1. The first-order chi connectivity index (χ1) is 9.69. The van der Waals surface area contributed by atoms with Gasteiger partial charge in [-0.25, -0.2) is 0 Å². The maximum absolute atomic E-state index is 12.2. The first-order valence-electron chi connectivity index (χ1n) is 6.62. The number of nitrogens with zero attached hydrogens (tertiary/aromatic N) is 2. The number of nitrogens with one attached hydrogen (secondary N) is 2. The highest BCUT2D eigenvalue weighted by Crippen LogP contribution is 2.28. The van der Waals surface area contributed by atoms with Gasteiger partial charge in [0.25, 0.3) is 0 Å². The van der Waals surface area contributed by atoms with Crippen molar-refractivity contribution in [3.05, 3.63) is 28.8 Å². The second-order valence-electron chi connectivity index (χ2n) is 4.55. The molecule has 6 heteroatoms. The highest BCUT2D eigenvalue weighted by Gasteiger charge is 2.30. The fourth-order valence-corrected chi connectivity index (χ4v) is 2.59. The molecule has 106 valence electrons. The summed E-state index contributed by atoms with van der Waals surface area (Å²) in [5, 5.41) is 15.7. The first-order valence-corrected chi connectivity index (χ1v) is 7.00. The van der Waals surface area contributed by atoms with Crippen LogP contribution in [0.25, 0.3) is 0 Å². The van der Waals surface area contributed by atoms with Gasteiger partial charge in [-0.05, 0) is 19.1 Å². The summed E-state index contributed by atoms with van der Waals surface area (Å²) in [5.41, 5.74) is 1.14. The molecule has 0 aromatic heterocycles. The van der Waals surface area contributed by atoms with Gasteiger partial charge in [0.2, 0.25) is 5.91 Å². The van der Waals surface area contributed by atoms with Gasteiger partial charge in [0.1, 0.15) is 12.1 Å². The van der Waals surface area contributed by atoms with Crippen LogP contribution in [0.4, 0.5) is 5.69 Å². The van der Waals surface area contributed by atoms with Gasteiger partial charge in [0.05, 0.1) is 16.3 Å². The summed E-state index contributed by atoms with van der Waals surface area (Å²) in [6, 6.07) is 7.13. The summed E-state index contributed by atoms with van der Waals surface area (Å²) in [4.78, 5) is 14.1. The molecule has 1 atom stereocenters. The Morgan fingerprint density at radius 2 is 2.45 bits per heavy atom. The molecule has 0 aliphatic carbocycles. The number of hydrogen-bond acceptors (Lipinski definition) is 4. The predicted molar refractivity (Wildman–Crippen MR) is 78.9 cm³/mol. The lowest BCUT2D eigenvalue weighted by Gasteiger charge is -2.37. The monoisotopic (exact) mass is 292 g/mol. The molecule has 1 aliphatic heterocycles. The Kier molecular flexibility index (Phi) is 4.83. The number of benzene rings is 1. The third-order valence-corrected chi connectivity index (χ3v) is 3.62. The minimum absolute atomic E-state index is 0.0384. The summed E-state index contributed by atoms with van der Waals surface area (Å²) in [6.07, 6.45) is 0. The van der Waals surface area contributed by atoms with Crippen LogP contribution in [-0.4, -0.2) is 38.1 Å². The van der Waals surface area contributed by atoms with E-state index in [1.165, 1.54) is 0 Å². The van der Waals surface area contributed by atoms with Gasteiger partial charge in [-0.2, -0.15) is 5.26 Å². The molecule has 1 unspecified atom stereocenters. The van der Waals surface area contributed by atoms with Crippen LogP contribution in [0.2, 0.25) is 5.02 Å². The minimum Gasteiger partial charge on any atom is -0.356 e. The van der Waals surface area contributed by atoms with E-state index in [1.807, 2.05) is 17.9 Å². The zero-order valence-corrected chi connectivity index (χ0v) is 12.1. The Morgan fingerprint density at radius 3 is 3.15 bits per heavy atom. The number of likely N-dealkylation sites (N-methyl/N-ethyl adjacent to an activating group) is 1. The summed E-state index contributed by atoms with van der Waals surface area (Å²) < 4.78 is 0. The third-order valence-electron chi connectivity index (χ3n) is 3.31. The normalized spacial score (nSPS) is 18.4. The number of anilines is 1. The molecular weight excluding hydrogens is 276 g/mol. The smallest absolute Gasteiger partial charge is 0.244 e. The minimum atomic E-state index is -0.325. The van der Waals surface area contributed by atoms with Crippen molar-refractivity contribution in [1.82, 2.24) is 10.6 Å². The van der Waals surface area contributed by atoms with E-state index in [4.69, 9.17) is 11.6 Å². The second kappa shape index (κ2) is 6.60. The molecule has 0 saturated carbocycles. The van der Waals surface area contributed by atoms with E-state index in [9.17, 15) is 10.1 Å². The average Bonchev–Trinajstić information content (AvgIpc) is 2.47. The molecule has 1 aliphatic rings. The van der Waals surface area contributed by atoms with Crippen LogP contribution in [0.5, 0.6) is 0 Å². The molecule has 1 heterocycles. The Balaban J connectivity index is 2.36. The lowest BCUT2D eigenvalue weighted by Crippen LogP contribution is -2.58. The maximum atomic E-state index is 12.2. The van der Waals surface area contributed by atoms with Crippen molar-refractivity contribution in [3.63, 3.8) is 0 Å². The standard InChI is InChI=1S/C14H17ClN4O/c1-2-18-14(20)13-9-17-6-7-19(13)12-5-3-4-11(15)10(12)8-16/h3-5,13,17H,2,6-7,9H2,1H3,(H,18,20). The van der Waals surface area contributed by atoms with E-state index in [1.54, 1.807) is 12.1 Å². The number of carbonyl (C=O) groups is 1. The number of rotatable bonds is 3. The van der Waals surface area contributed by atoms with Crippen LogP contribution in [0.3, 0.4) is 0 Å². The molecule has 1 saturated heterocycles. The summed E-state index contributed by atoms with van der Waals surface area (Å²) in [6.45, 7) is 4.47. The molecule has 1 fully saturated rings. The average molecular weight is 293 g/mol. The topological polar surface area (TPSA) is 68.2 Å². The molecule has 2 rings (SSSR count). The third kappa shape index (κ3) is 2.87. The van der Waals surface area contributed by atoms with E-state index in [0.29, 0.717) is 30.2 Å². The molecule has 0 bridgehead atoms. The molecule has 0 radical (unpaired) electrons. The van der Waals surface area contributed by atoms with Crippen molar-refractivity contribution in [2.24, 2.45) is 0 Å². The summed E-state index contributed by atoms with van der Waals surface area (Å²) in [5.74, 6) is -0.0384. The number of halogens is 1. The van der Waals surface area contributed by atoms with Gasteiger partial charge in [0.15, 0.2) is 0 Å². The van der Waals surface area contributed by atoms with Gasteiger partial charge in [-0.3, -0.25) is 4.79 Å². The van der Waals surface area contributed by atoms with Gasteiger partial charge in [-0.15, -0.1) is 0 Å². The fourth-order valence-electron chi connectivity index (χ4n) is 2.38. The van der Waals surface area contributed by atoms with Crippen molar-refractivity contribution in [3.8, 4) is 6.07 Å². The van der Waals surface area contributed by atoms with Gasteiger partial charge in [0, 0.05) is 26.2 Å². The molecule has 1 aromatic rings. The molecule has 20 heavy (non-hydrogen) atoms. The highest BCUT2D eigenvalue weighted by atomic mass is 35.5. The quantitative estimate of drug-likeness (QED) is 0.876. The zero-order chi connectivity index (χ0) is 14.5. The lowest BCUT2D eigenvalue weighted by molar-refractivity contribution is -0.122. The van der Waals surface area contributed by atoms with Crippen LogP contribution in [0.1, 0.15) is 12.5 Å². The molecule has 5 nitrogen and oxygen atoms in total. The van der Waals surface area contributed by atoms with Crippen molar-refractivity contribution < 1.29 is 4.79 Å². The Bertz CT molecular complexity index is 540. The maximum Gasteiger partial charge on any atom is 0.244 e. The fraction of sp³-hybridized carbons (Fsp3) is 0.429. The van der Waals surface area contributed by atoms with E-state index in [2.05, 4.69) is 16.7 Å².